The zero-order valence-electron chi connectivity index (χ0n) is 16.3. The molecule has 4 rings (SSSR count). The Morgan fingerprint density at radius 3 is 2.52 bits per heavy atom. The van der Waals surface area contributed by atoms with Gasteiger partial charge in [-0.1, -0.05) is 32.1 Å². The molecule has 0 aromatic carbocycles. The second-order valence-electron chi connectivity index (χ2n) is 8.59. The molecule has 3 aromatic rings. The van der Waals surface area contributed by atoms with Gasteiger partial charge in [-0.25, -0.2) is 9.67 Å². The number of H-pyrrole nitrogens is 1. The maximum absolute atomic E-state index is 13.0. The average Bonchev–Trinajstić information content (AvgIpc) is 3.02. The van der Waals surface area contributed by atoms with Crippen LogP contribution >= 0.6 is 0 Å². The van der Waals surface area contributed by atoms with Gasteiger partial charge in [0.05, 0.1) is 11.2 Å². The molecule has 1 saturated carbocycles. The van der Waals surface area contributed by atoms with Crippen LogP contribution in [0.15, 0.2) is 29.3 Å². The predicted octanol–water partition coefficient (Wildman–Crippen LogP) is 4.06. The first-order valence-corrected chi connectivity index (χ1v) is 9.86. The van der Waals surface area contributed by atoms with Gasteiger partial charge in [0.15, 0.2) is 5.65 Å². The molecule has 0 aliphatic heterocycles. The summed E-state index contributed by atoms with van der Waals surface area (Å²) in [5.74, 6) is 1.18. The highest BCUT2D eigenvalue weighted by Gasteiger charge is 2.26. The van der Waals surface area contributed by atoms with Crippen LogP contribution in [0.5, 0.6) is 0 Å². The number of pyridine rings is 1. The minimum atomic E-state index is -0.251. The average molecular weight is 365 g/mol. The largest absolute Gasteiger partial charge is 0.306 e. The lowest BCUT2D eigenvalue weighted by molar-refractivity contribution is 0.341. The Bertz CT molecular complexity index is 991. The van der Waals surface area contributed by atoms with Crippen molar-refractivity contribution in [2.75, 3.05) is 0 Å². The number of nitrogens with zero attached hydrogens (tertiary/aromatic N) is 4. The lowest BCUT2D eigenvalue weighted by Crippen LogP contribution is -2.24. The zero-order chi connectivity index (χ0) is 19.0. The van der Waals surface area contributed by atoms with E-state index < -0.39 is 0 Å². The Morgan fingerprint density at radius 1 is 1.15 bits per heavy atom. The summed E-state index contributed by atoms with van der Waals surface area (Å²) in [6.07, 6.45) is 10.6. The van der Waals surface area contributed by atoms with Crippen molar-refractivity contribution in [1.82, 2.24) is 24.7 Å². The minimum Gasteiger partial charge on any atom is -0.306 e. The Hall–Kier alpha value is -2.50. The van der Waals surface area contributed by atoms with Crippen LogP contribution in [0.1, 0.15) is 58.6 Å². The number of hydrogen-bond acceptors (Lipinski definition) is 4. The Kier molecular flexibility index (Phi) is 4.58. The van der Waals surface area contributed by atoms with Gasteiger partial charge in [0.25, 0.3) is 5.56 Å². The van der Waals surface area contributed by atoms with E-state index in [-0.39, 0.29) is 11.1 Å². The Labute approximate surface area is 159 Å². The van der Waals surface area contributed by atoms with Gasteiger partial charge in [0.2, 0.25) is 0 Å². The van der Waals surface area contributed by atoms with Crippen LogP contribution in [0.3, 0.4) is 0 Å². The first-order chi connectivity index (χ1) is 12.9. The van der Waals surface area contributed by atoms with Crippen molar-refractivity contribution in [2.24, 2.45) is 5.92 Å². The van der Waals surface area contributed by atoms with E-state index in [1.165, 1.54) is 32.1 Å². The normalized spacial score (nSPS) is 16.1. The first-order valence-electron chi connectivity index (χ1n) is 9.86. The highest BCUT2D eigenvalue weighted by Crippen LogP contribution is 2.30. The Morgan fingerprint density at radius 2 is 1.85 bits per heavy atom. The Balaban J connectivity index is 1.86. The van der Waals surface area contributed by atoms with Crippen LogP contribution in [-0.4, -0.2) is 24.7 Å². The molecule has 3 heterocycles. The fourth-order valence-corrected chi connectivity index (χ4v) is 4.01. The van der Waals surface area contributed by atoms with Crippen LogP contribution in [-0.2, 0) is 12.0 Å². The molecule has 27 heavy (non-hydrogen) atoms. The number of hydrogen-bond donors (Lipinski definition) is 1. The molecule has 1 aliphatic rings. The van der Waals surface area contributed by atoms with Crippen LogP contribution in [0.4, 0.5) is 0 Å². The van der Waals surface area contributed by atoms with Gasteiger partial charge in [-0.3, -0.25) is 9.78 Å². The summed E-state index contributed by atoms with van der Waals surface area (Å²) >= 11 is 0. The summed E-state index contributed by atoms with van der Waals surface area (Å²) in [7, 11) is 0. The molecular formula is C21H27N5O. The molecule has 0 spiro atoms. The molecule has 142 valence electrons. The molecule has 0 bridgehead atoms. The number of aromatic amines is 1. The van der Waals surface area contributed by atoms with Gasteiger partial charge < -0.3 is 4.98 Å². The smallest absolute Gasteiger partial charge is 0.262 e. The monoisotopic (exact) mass is 365 g/mol. The summed E-state index contributed by atoms with van der Waals surface area (Å²) in [6.45, 7) is 6.29. The van der Waals surface area contributed by atoms with E-state index in [9.17, 15) is 4.79 Å². The van der Waals surface area contributed by atoms with E-state index in [1.54, 1.807) is 12.4 Å². The molecule has 3 aromatic heterocycles. The third kappa shape index (κ3) is 3.53. The fourth-order valence-electron chi connectivity index (χ4n) is 4.01. The molecule has 1 fully saturated rings. The quantitative estimate of drug-likeness (QED) is 0.759. The first kappa shape index (κ1) is 17.9. The van der Waals surface area contributed by atoms with Gasteiger partial charge >= 0.3 is 0 Å². The standard InChI is InChI=1S/C21H27N5O/c1-21(2,3)26-19-17(16(25-26)13-14-7-5-4-6-8-14)20(27)24-18(23-19)15-9-11-22-12-10-15/h9-12,14H,4-8,13H2,1-3H3,(H,23,24,27). The van der Waals surface area contributed by atoms with Crippen molar-refractivity contribution in [3.05, 3.63) is 40.6 Å². The van der Waals surface area contributed by atoms with Gasteiger partial charge in [0.1, 0.15) is 11.2 Å². The van der Waals surface area contributed by atoms with E-state index in [4.69, 9.17) is 10.1 Å². The van der Waals surface area contributed by atoms with Crippen molar-refractivity contribution < 1.29 is 0 Å². The summed E-state index contributed by atoms with van der Waals surface area (Å²) < 4.78 is 1.92. The van der Waals surface area contributed by atoms with Crippen LogP contribution in [0.25, 0.3) is 22.4 Å². The van der Waals surface area contributed by atoms with Crippen molar-refractivity contribution >= 4 is 11.0 Å². The van der Waals surface area contributed by atoms with E-state index in [2.05, 4.69) is 30.7 Å². The molecular weight excluding hydrogens is 338 g/mol. The molecule has 1 N–H and O–H groups in total. The van der Waals surface area contributed by atoms with E-state index in [0.29, 0.717) is 22.8 Å². The maximum atomic E-state index is 13.0. The number of aromatic nitrogens is 5. The molecule has 0 saturated heterocycles. The van der Waals surface area contributed by atoms with Crippen LogP contribution in [0, 0.1) is 5.92 Å². The SMILES string of the molecule is CC(C)(C)n1nc(CC2CCCCC2)c2c(=O)[nH]c(-c3ccncc3)nc21. The predicted molar refractivity (Wildman–Crippen MR) is 107 cm³/mol. The molecule has 1 aliphatic carbocycles. The van der Waals surface area contributed by atoms with Gasteiger partial charge in [-0.15, -0.1) is 0 Å². The molecule has 0 atom stereocenters. The molecule has 0 radical (unpaired) electrons. The summed E-state index contributed by atoms with van der Waals surface area (Å²) in [6, 6.07) is 3.70. The summed E-state index contributed by atoms with van der Waals surface area (Å²) in [4.78, 5) is 24.8. The van der Waals surface area contributed by atoms with Crippen molar-refractivity contribution in [1.29, 1.82) is 0 Å². The number of fused-ring (bicyclic) bond motifs is 1. The van der Waals surface area contributed by atoms with Crippen LogP contribution in [0.2, 0.25) is 0 Å². The van der Waals surface area contributed by atoms with Crippen molar-refractivity contribution in [3.63, 3.8) is 0 Å². The fraction of sp³-hybridized carbons (Fsp3) is 0.524. The zero-order valence-corrected chi connectivity index (χ0v) is 16.3. The van der Waals surface area contributed by atoms with E-state index in [1.807, 2.05) is 16.8 Å². The number of nitrogens with one attached hydrogen (secondary N) is 1. The second-order valence-corrected chi connectivity index (χ2v) is 8.59. The van der Waals surface area contributed by atoms with Crippen molar-refractivity contribution in [3.8, 4) is 11.4 Å². The molecule has 6 nitrogen and oxygen atoms in total. The topological polar surface area (TPSA) is 76.5 Å². The second kappa shape index (κ2) is 6.91. The van der Waals surface area contributed by atoms with Crippen molar-refractivity contribution in [2.45, 2.75) is 64.8 Å². The van der Waals surface area contributed by atoms with Gasteiger partial charge in [0, 0.05) is 18.0 Å². The summed E-state index contributed by atoms with van der Waals surface area (Å²) in [5.41, 5.74) is 2.05. The summed E-state index contributed by atoms with van der Waals surface area (Å²) in [5, 5.41) is 5.52. The minimum absolute atomic E-state index is 0.104. The lowest BCUT2D eigenvalue weighted by atomic mass is 9.86. The van der Waals surface area contributed by atoms with Gasteiger partial charge in [-0.2, -0.15) is 5.10 Å². The molecule has 0 unspecified atom stereocenters. The number of rotatable bonds is 3. The third-order valence-electron chi connectivity index (χ3n) is 5.41. The van der Waals surface area contributed by atoms with Gasteiger partial charge in [-0.05, 0) is 45.2 Å². The maximum Gasteiger partial charge on any atom is 0.262 e. The molecule has 6 heteroatoms. The highest BCUT2D eigenvalue weighted by atomic mass is 16.1. The molecule has 0 amide bonds. The van der Waals surface area contributed by atoms with Crippen LogP contribution < -0.4 is 5.56 Å². The van der Waals surface area contributed by atoms with E-state index >= 15 is 0 Å². The van der Waals surface area contributed by atoms with E-state index in [0.717, 1.165) is 17.7 Å². The lowest BCUT2D eigenvalue weighted by Gasteiger charge is -2.21. The highest BCUT2D eigenvalue weighted by molar-refractivity contribution is 5.79. The third-order valence-corrected chi connectivity index (χ3v) is 5.41.